The summed E-state index contributed by atoms with van der Waals surface area (Å²) >= 11 is 0. The van der Waals surface area contributed by atoms with Crippen LogP contribution in [0.1, 0.15) is 65.2 Å². The van der Waals surface area contributed by atoms with E-state index in [2.05, 4.69) is 13.8 Å². The van der Waals surface area contributed by atoms with Crippen LogP contribution < -0.4 is 0 Å². The molecule has 0 heterocycles. The molecule has 0 aromatic carbocycles. The van der Waals surface area contributed by atoms with Crippen LogP contribution >= 0.6 is 0 Å². The molecule has 0 bridgehead atoms. The Morgan fingerprint density at radius 3 is 2.50 bits per heavy atom. The van der Waals surface area contributed by atoms with E-state index in [9.17, 15) is 0 Å². The molecule has 2 aliphatic carbocycles. The second-order valence-corrected chi connectivity index (χ2v) is 5.64. The fraction of sp³-hybridized carbons (Fsp3) is 1.00. The van der Waals surface area contributed by atoms with Crippen LogP contribution in [0.5, 0.6) is 0 Å². The van der Waals surface area contributed by atoms with Crippen molar-refractivity contribution in [1.29, 1.82) is 0 Å². The van der Waals surface area contributed by atoms with Gasteiger partial charge in [0.15, 0.2) is 0 Å². The number of hydrogen-bond donors (Lipinski definition) is 0. The molecule has 0 N–H and O–H groups in total. The molecule has 0 heteroatoms. The Morgan fingerprint density at radius 1 is 1.00 bits per heavy atom. The fourth-order valence-corrected chi connectivity index (χ4v) is 4.11. The van der Waals surface area contributed by atoms with Crippen LogP contribution in [-0.2, 0) is 0 Å². The van der Waals surface area contributed by atoms with E-state index in [1.165, 1.54) is 19.3 Å². The predicted molar refractivity (Wildman–Crippen MR) is 62.2 cm³/mol. The summed E-state index contributed by atoms with van der Waals surface area (Å²) in [6.45, 7) is 4.74. The van der Waals surface area contributed by atoms with Gasteiger partial charge < -0.3 is 0 Å². The smallest absolute Gasteiger partial charge is 0.0355 e. The minimum Gasteiger partial charge on any atom is -0.0654 e. The van der Waals surface area contributed by atoms with Gasteiger partial charge in [-0.3, -0.25) is 0 Å². The monoisotopic (exact) mass is 194 g/mol. The van der Waals surface area contributed by atoms with Crippen molar-refractivity contribution in [2.24, 2.45) is 23.7 Å². The van der Waals surface area contributed by atoms with Crippen molar-refractivity contribution < 1.29 is 0 Å². The topological polar surface area (TPSA) is 0 Å². The van der Waals surface area contributed by atoms with Gasteiger partial charge in [0.2, 0.25) is 0 Å². The van der Waals surface area contributed by atoms with Crippen LogP contribution in [-0.4, -0.2) is 0 Å². The summed E-state index contributed by atoms with van der Waals surface area (Å²) in [7, 11) is 0. The summed E-state index contributed by atoms with van der Waals surface area (Å²) in [6.07, 6.45) is 12.1. The lowest BCUT2D eigenvalue weighted by molar-refractivity contribution is 0.163. The van der Waals surface area contributed by atoms with Gasteiger partial charge >= 0.3 is 0 Å². The summed E-state index contributed by atoms with van der Waals surface area (Å²) in [5.41, 5.74) is 0. The molecular weight excluding hydrogens is 168 g/mol. The highest BCUT2D eigenvalue weighted by Gasteiger charge is 2.38. The molecule has 4 unspecified atom stereocenters. The van der Waals surface area contributed by atoms with E-state index >= 15 is 0 Å². The number of fused-ring (bicyclic) bond motifs is 1. The summed E-state index contributed by atoms with van der Waals surface area (Å²) < 4.78 is 0. The maximum Gasteiger partial charge on any atom is -0.0355 e. The first-order chi connectivity index (χ1) is 6.85. The van der Waals surface area contributed by atoms with E-state index in [1.807, 2.05) is 0 Å². The average Bonchev–Trinajstić information content (AvgIpc) is 2.60. The van der Waals surface area contributed by atoms with Gasteiger partial charge in [-0.2, -0.15) is 0 Å². The van der Waals surface area contributed by atoms with Crippen molar-refractivity contribution in [2.75, 3.05) is 0 Å². The minimum atomic E-state index is 1.09. The maximum absolute atomic E-state index is 2.40. The largest absolute Gasteiger partial charge is 0.0654 e. The van der Waals surface area contributed by atoms with Crippen molar-refractivity contribution in [3.8, 4) is 0 Å². The van der Waals surface area contributed by atoms with Gasteiger partial charge in [-0.1, -0.05) is 39.5 Å². The highest BCUT2D eigenvalue weighted by Crippen LogP contribution is 2.49. The molecule has 0 amide bonds. The van der Waals surface area contributed by atoms with Crippen LogP contribution in [0.15, 0.2) is 0 Å². The summed E-state index contributed by atoms with van der Waals surface area (Å²) in [5, 5.41) is 0. The van der Waals surface area contributed by atoms with Crippen LogP contribution in [0.25, 0.3) is 0 Å². The van der Waals surface area contributed by atoms with Gasteiger partial charge in [0.1, 0.15) is 0 Å². The molecule has 4 atom stereocenters. The molecular formula is C14H26. The zero-order valence-electron chi connectivity index (χ0n) is 9.97. The number of rotatable bonds is 3. The molecule has 82 valence electrons. The third kappa shape index (κ3) is 1.99. The molecule has 0 saturated heterocycles. The van der Waals surface area contributed by atoms with E-state index in [-0.39, 0.29) is 0 Å². The van der Waals surface area contributed by atoms with Crippen molar-refractivity contribution >= 4 is 0 Å². The SMILES string of the molecule is CCCC1CCC2CCC(CC)C2C1. The Labute approximate surface area is 89.5 Å². The molecule has 0 radical (unpaired) electrons. The van der Waals surface area contributed by atoms with Gasteiger partial charge in [0, 0.05) is 0 Å². The molecule has 0 aromatic heterocycles. The highest BCUT2D eigenvalue weighted by molar-refractivity contribution is 4.89. The highest BCUT2D eigenvalue weighted by atomic mass is 14.4. The van der Waals surface area contributed by atoms with E-state index in [4.69, 9.17) is 0 Å². The minimum absolute atomic E-state index is 1.09. The van der Waals surface area contributed by atoms with Gasteiger partial charge in [-0.05, 0) is 49.4 Å². The molecule has 2 rings (SSSR count). The fourth-order valence-electron chi connectivity index (χ4n) is 4.11. The Kier molecular flexibility index (Phi) is 3.52. The standard InChI is InChI=1S/C14H26/c1-3-5-11-6-7-13-9-8-12(4-2)14(13)10-11/h11-14H,3-10H2,1-2H3. The van der Waals surface area contributed by atoms with Crippen LogP contribution in [0.3, 0.4) is 0 Å². The second kappa shape index (κ2) is 4.68. The molecule has 0 nitrogen and oxygen atoms in total. The lowest BCUT2D eigenvalue weighted by Crippen LogP contribution is -2.24. The first-order valence-corrected chi connectivity index (χ1v) is 6.85. The molecule has 0 aromatic rings. The van der Waals surface area contributed by atoms with E-state index in [0.717, 1.165) is 23.7 Å². The first kappa shape index (κ1) is 10.5. The Morgan fingerprint density at radius 2 is 1.79 bits per heavy atom. The van der Waals surface area contributed by atoms with Crippen molar-refractivity contribution in [3.63, 3.8) is 0 Å². The van der Waals surface area contributed by atoms with Gasteiger partial charge in [0.25, 0.3) is 0 Å². The third-order valence-electron chi connectivity index (χ3n) is 4.89. The van der Waals surface area contributed by atoms with Crippen molar-refractivity contribution in [3.05, 3.63) is 0 Å². The van der Waals surface area contributed by atoms with Crippen LogP contribution in [0.2, 0.25) is 0 Å². The molecule has 14 heavy (non-hydrogen) atoms. The Hall–Kier alpha value is 0. The molecule has 2 fully saturated rings. The zero-order valence-corrected chi connectivity index (χ0v) is 9.97. The first-order valence-electron chi connectivity index (χ1n) is 6.85. The van der Waals surface area contributed by atoms with Gasteiger partial charge in [-0.15, -0.1) is 0 Å². The van der Waals surface area contributed by atoms with Crippen LogP contribution in [0, 0.1) is 23.7 Å². The molecule has 2 aliphatic rings. The lowest BCUT2D eigenvalue weighted by atomic mass is 9.71. The van der Waals surface area contributed by atoms with E-state index in [0.29, 0.717) is 0 Å². The maximum atomic E-state index is 2.40. The molecule has 2 saturated carbocycles. The lowest BCUT2D eigenvalue weighted by Gasteiger charge is -2.34. The van der Waals surface area contributed by atoms with E-state index < -0.39 is 0 Å². The second-order valence-electron chi connectivity index (χ2n) is 5.64. The normalized spacial score (nSPS) is 42.4. The van der Waals surface area contributed by atoms with Crippen LogP contribution in [0.4, 0.5) is 0 Å². The van der Waals surface area contributed by atoms with Crippen molar-refractivity contribution in [2.45, 2.75) is 65.2 Å². The summed E-state index contributed by atoms with van der Waals surface area (Å²) in [6, 6.07) is 0. The zero-order chi connectivity index (χ0) is 9.97. The average molecular weight is 194 g/mol. The van der Waals surface area contributed by atoms with Gasteiger partial charge in [0.05, 0.1) is 0 Å². The Bertz CT molecular complexity index is 167. The summed E-state index contributed by atoms with van der Waals surface area (Å²) in [5.74, 6) is 4.45. The number of hydrogen-bond acceptors (Lipinski definition) is 0. The molecule has 0 aliphatic heterocycles. The predicted octanol–water partition coefficient (Wildman–Crippen LogP) is 4.64. The van der Waals surface area contributed by atoms with Gasteiger partial charge in [-0.25, -0.2) is 0 Å². The molecule has 0 spiro atoms. The summed E-state index contributed by atoms with van der Waals surface area (Å²) in [4.78, 5) is 0. The van der Waals surface area contributed by atoms with Crippen molar-refractivity contribution in [1.82, 2.24) is 0 Å². The quantitative estimate of drug-likeness (QED) is 0.614. The van der Waals surface area contributed by atoms with E-state index in [1.54, 1.807) is 32.1 Å². The Balaban J connectivity index is 1.91. The third-order valence-corrected chi connectivity index (χ3v) is 4.89.